The number of halogens is 4. The summed E-state index contributed by atoms with van der Waals surface area (Å²) in [5.41, 5.74) is 0. The van der Waals surface area contributed by atoms with Crippen LogP contribution in [0.5, 0.6) is 0 Å². The van der Waals surface area contributed by atoms with Crippen molar-refractivity contribution in [1.82, 2.24) is 4.98 Å². The molecule has 1 aromatic heterocycles. The Balaban J connectivity index is -0.000000200. The van der Waals surface area contributed by atoms with Crippen LogP contribution in [0, 0.1) is 0 Å². The molecule has 0 radical (unpaired) electrons. The van der Waals surface area contributed by atoms with Gasteiger partial charge in [-0.25, -0.2) is 0 Å². The van der Waals surface area contributed by atoms with Crippen molar-refractivity contribution in [2.24, 2.45) is 0 Å². The normalized spacial score (nSPS) is 9.47. The smallest absolute Gasteiger partial charge is 0.418 e. The average Bonchev–Trinajstić information content (AvgIpc) is 2.32. The number of rotatable bonds is 3. The Labute approximate surface area is 130 Å². The van der Waals surface area contributed by atoms with E-state index in [1.807, 2.05) is 18.2 Å². The first-order valence-electron chi connectivity index (χ1n) is 5.79. The van der Waals surface area contributed by atoms with E-state index in [1.54, 1.807) is 12.4 Å². The molecule has 0 aliphatic carbocycles. The van der Waals surface area contributed by atoms with Crippen LogP contribution in [-0.2, 0) is 22.4 Å². The van der Waals surface area contributed by atoms with Crippen LogP contribution >= 0.6 is 7.92 Å². The van der Waals surface area contributed by atoms with E-state index in [4.69, 9.17) is 0 Å². The van der Waals surface area contributed by atoms with Crippen LogP contribution < -0.4 is 0 Å². The Bertz CT molecular complexity index is 222. The zero-order valence-corrected chi connectivity index (χ0v) is 14.4. The molecule has 1 rings (SSSR count). The SMILES string of the molecule is CCP(CC)CC.F[B-](F)(F)F.[Au+].c1ccncc1. The van der Waals surface area contributed by atoms with Crippen LogP contribution in [0.3, 0.4) is 0 Å². The summed E-state index contributed by atoms with van der Waals surface area (Å²) < 4.78 is 39.0. The van der Waals surface area contributed by atoms with E-state index in [0.717, 1.165) is 0 Å². The molecule has 0 aromatic carbocycles. The van der Waals surface area contributed by atoms with Gasteiger partial charge in [0.2, 0.25) is 0 Å². The first kappa shape index (κ1) is 24.1. The van der Waals surface area contributed by atoms with Gasteiger partial charge < -0.3 is 17.3 Å². The first-order chi connectivity index (χ1) is 8.35. The molecule has 116 valence electrons. The Morgan fingerprint density at radius 1 is 0.842 bits per heavy atom. The number of aromatic nitrogens is 1. The van der Waals surface area contributed by atoms with Gasteiger partial charge in [-0.15, -0.1) is 7.92 Å². The largest absolute Gasteiger partial charge is 1.00 e. The monoisotopic (exact) mass is 481 g/mol. The van der Waals surface area contributed by atoms with Gasteiger partial charge >= 0.3 is 29.6 Å². The molecular weight excluding hydrogens is 461 g/mol. The van der Waals surface area contributed by atoms with Gasteiger partial charge in [0.15, 0.2) is 0 Å². The molecule has 0 atom stereocenters. The Morgan fingerprint density at radius 2 is 1.16 bits per heavy atom. The van der Waals surface area contributed by atoms with Gasteiger partial charge in [0.1, 0.15) is 0 Å². The van der Waals surface area contributed by atoms with Crippen LogP contribution in [0.4, 0.5) is 17.3 Å². The molecule has 0 saturated carbocycles. The van der Waals surface area contributed by atoms with Gasteiger partial charge in [-0.05, 0) is 30.6 Å². The molecule has 0 amide bonds. The molecule has 0 spiro atoms. The van der Waals surface area contributed by atoms with E-state index < -0.39 is 7.25 Å². The predicted molar refractivity (Wildman–Crippen MR) is 73.0 cm³/mol. The number of hydrogen-bond donors (Lipinski definition) is 0. The molecule has 0 N–H and O–H groups in total. The van der Waals surface area contributed by atoms with Crippen molar-refractivity contribution >= 4 is 15.2 Å². The maximum Gasteiger partial charge on any atom is 1.00 e. The maximum atomic E-state index is 9.75. The first-order valence-corrected chi connectivity index (χ1v) is 7.69. The molecule has 0 aliphatic heterocycles. The van der Waals surface area contributed by atoms with Crippen molar-refractivity contribution in [2.75, 3.05) is 18.5 Å². The van der Waals surface area contributed by atoms with Crippen molar-refractivity contribution in [3.05, 3.63) is 30.6 Å². The van der Waals surface area contributed by atoms with E-state index in [9.17, 15) is 17.3 Å². The Hall–Kier alpha value is 0.105. The van der Waals surface area contributed by atoms with Crippen molar-refractivity contribution in [2.45, 2.75) is 20.8 Å². The zero-order chi connectivity index (χ0) is 14.4. The van der Waals surface area contributed by atoms with Gasteiger partial charge in [0, 0.05) is 12.4 Å². The topological polar surface area (TPSA) is 12.9 Å². The van der Waals surface area contributed by atoms with Crippen LogP contribution in [0.1, 0.15) is 20.8 Å². The minimum Gasteiger partial charge on any atom is -0.418 e. The molecule has 1 aromatic rings. The standard InChI is InChI=1S/C6H15P.C5H5N.Au.BF4/c1-4-7(5-2)6-3;1-2-4-6-5-3-1;;2-1(3,4)5/h4-6H2,1-3H3;1-5H;;/q;;+1;-1. The third-order valence-corrected chi connectivity index (χ3v) is 4.59. The summed E-state index contributed by atoms with van der Waals surface area (Å²) in [6.45, 7) is 6.87. The van der Waals surface area contributed by atoms with Crippen LogP contribution in [0.2, 0.25) is 0 Å². The van der Waals surface area contributed by atoms with Crippen molar-refractivity contribution < 1.29 is 39.6 Å². The van der Waals surface area contributed by atoms with E-state index in [-0.39, 0.29) is 22.4 Å². The van der Waals surface area contributed by atoms with Crippen LogP contribution in [0.15, 0.2) is 30.6 Å². The molecule has 19 heavy (non-hydrogen) atoms. The summed E-state index contributed by atoms with van der Waals surface area (Å²) >= 11 is 0. The summed E-state index contributed by atoms with van der Waals surface area (Å²) in [6.07, 6.45) is 7.76. The van der Waals surface area contributed by atoms with Crippen LogP contribution in [0.25, 0.3) is 0 Å². The van der Waals surface area contributed by atoms with Crippen molar-refractivity contribution in [3.63, 3.8) is 0 Å². The minimum atomic E-state index is -6.00. The van der Waals surface area contributed by atoms with Gasteiger partial charge in [-0.1, -0.05) is 26.8 Å². The molecule has 1 nitrogen and oxygen atoms in total. The van der Waals surface area contributed by atoms with Crippen LogP contribution in [-0.4, -0.2) is 30.7 Å². The Morgan fingerprint density at radius 3 is 1.21 bits per heavy atom. The van der Waals surface area contributed by atoms with Gasteiger partial charge in [0.25, 0.3) is 0 Å². The fourth-order valence-electron chi connectivity index (χ4n) is 0.983. The summed E-state index contributed by atoms with van der Waals surface area (Å²) in [5.74, 6) is 0. The maximum absolute atomic E-state index is 9.75. The second-order valence-electron chi connectivity index (χ2n) is 3.14. The van der Waals surface area contributed by atoms with E-state index >= 15 is 0 Å². The predicted octanol–water partition coefficient (Wildman–Crippen LogP) is 4.91. The fourth-order valence-corrected chi connectivity index (χ4v) is 2.33. The van der Waals surface area contributed by atoms with Gasteiger partial charge in [-0.2, -0.15) is 0 Å². The molecule has 1 heterocycles. The summed E-state index contributed by atoms with van der Waals surface area (Å²) in [7, 11) is -5.55. The summed E-state index contributed by atoms with van der Waals surface area (Å²) in [6, 6.07) is 5.72. The molecular formula is C11H20AuBF4NP. The van der Waals surface area contributed by atoms with Gasteiger partial charge in [-0.3, -0.25) is 4.98 Å². The molecule has 0 fully saturated rings. The molecule has 0 saturated heterocycles. The third-order valence-electron chi connectivity index (χ3n) is 1.91. The fraction of sp³-hybridized carbons (Fsp3) is 0.545. The molecule has 0 aliphatic rings. The molecule has 0 unspecified atom stereocenters. The summed E-state index contributed by atoms with van der Waals surface area (Å²) in [5, 5.41) is 0. The summed E-state index contributed by atoms with van der Waals surface area (Å²) in [4.78, 5) is 3.78. The van der Waals surface area contributed by atoms with Crippen molar-refractivity contribution in [1.29, 1.82) is 0 Å². The quantitative estimate of drug-likeness (QED) is 0.340. The molecule has 8 heteroatoms. The number of hydrogen-bond acceptors (Lipinski definition) is 1. The Kier molecular flexibility index (Phi) is 20.5. The van der Waals surface area contributed by atoms with E-state index in [0.29, 0.717) is 7.92 Å². The average molecular weight is 481 g/mol. The molecule has 0 bridgehead atoms. The van der Waals surface area contributed by atoms with E-state index in [1.165, 1.54) is 18.5 Å². The third kappa shape index (κ3) is 32.0. The van der Waals surface area contributed by atoms with Crippen molar-refractivity contribution in [3.8, 4) is 0 Å². The van der Waals surface area contributed by atoms with E-state index in [2.05, 4.69) is 25.8 Å². The second kappa shape index (κ2) is 16.2. The number of nitrogens with zero attached hydrogens (tertiary/aromatic N) is 1. The minimum absolute atomic E-state index is 0. The second-order valence-corrected chi connectivity index (χ2v) is 6.38. The zero-order valence-electron chi connectivity index (χ0n) is 11.3. The number of pyridine rings is 1. The van der Waals surface area contributed by atoms with Gasteiger partial charge in [0.05, 0.1) is 0 Å².